The maximum Gasteiger partial charge on any atom is 0.323 e. The Morgan fingerprint density at radius 2 is 1.06 bits per heavy atom. The normalized spacial score (nSPS) is 20.2. The summed E-state index contributed by atoms with van der Waals surface area (Å²) in [4.78, 5) is 55.1. The highest BCUT2D eigenvalue weighted by Crippen LogP contribution is 2.26. The number of carbonyl (C=O) groups is 4. The molecule has 14 heteroatoms. The molecule has 200 valence electrons. The molecule has 1 aliphatic carbocycles. The number of rotatable bonds is 11. The van der Waals surface area contributed by atoms with Gasteiger partial charge in [0.25, 0.3) is 0 Å². The fourth-order valence-electron chi connectivity index (χ4n) is 4.08. The van der Waals surface area contributed by atoms with Gasteiger partial charge in [-0.05, 0) is 12.8 Å². The molecule has 0 aromatic rings. The number of aliphatic hydroxyl groups is 2. The first-order valence-corrected chi connectivity index (χ1v) is 11.7. The predicted octanol–water partition coefficient (Wildman–Crippen LogP) is -3.24. The van der Waals surface area contributed by atoms with Crippen LogP contribution in [0.4, 0.5) is 0 Å². The summed E-state index contributed by atoms with van der Waals surface area (Å²) >= 11 is 0. The first-order chi connectivity index (χ1) is 16.5. The highest BCUT2D eigenvalue weighted by Gasteiger charge is 2.34. The Labute approximate surface area is 203 Å². The molecule has 0 unspecified atom stereocenters. The van der Waals surface area contributed by atoms with E-state index in [1.54, 1.807) is 14.7 Å². The zero-order chi connectivity index (χ0) is 26.0. The van der Waals surface area contributed by atoms with E-state index < -0.39 is 24.2 Å². The summed E-state index contributed by atoms with van der Waals surface area (Å²) in [5.74, 6) is -3.43. The van der Waals surface area contributed by atoms with Crippen LogP contribution in [0.5, 0.6) is 0 Å². The van der Waals surface area contributed by atoms with Gasteiger partial charge in [0.2, 0.25) is 5.91 Å². The van der Waals surface area contributed by atoms with Crippen molar-refractivity contribution in [1.82, 2.24) is 24.5 Å². The molecule has 35 heavy (non-hydrogen) atoms. The van der Waals surface area contributed by atoms with Gasteiger partial charge in [0.05, 0.1) is 19.6 Å². The summed E-state index contributed by atoms with van der Waals surface area (Å²) in [6, 6.07) is -0.0733. The Bertz CT molecular complexity index is 734. The van der Waals surface area contributed by atoms with Crippen molar-refractivity contribution in [2.75, 3.05) is 85.1 Å². The van der Waals surface area contributed by atoms with Crippen molar-refractivity contribution < 1.29 is 44.7 Å². The van der Waals surface area contributed by atoms with Crippen LogP contribution in [0.15, 0.2) is 0 Å². The third-order valence-electron chi connectivity index (χ3n) is 6.04. The molecule has 0 spiro atoms. The lowest BCUT2D eigenvalue weighted by atomic mass is 10.3. The largest absolute Gasteiger partial charge is 0.480 e. The van der Waals surface area contributed by atoms with E-state index in [1.807, 2.05) is 4.90 Å². The van der Waals surface area contributed by atoms with Crippen LogP contribution < -0.4 is 0 Å². The number of nitrogens with zero attached hydrogens (tertiary/aromatic N) is 5. The average molecular weight is 504 g/mol. The molecular weight excluding hydrogens is 466 g/mol. The monoisotopic (exact) mass is 503 g/mol. The second-order valence-corrected chi connectivity index (χ2v) is 9.04. The van der Waals surface area contributed by atoms with Crippen LogP contribution in [0.3, 0.4) is 0 Å². The maximum atomic E-state index is 12.9. The zero-order valence-electron chi connectivity index (χ0n) is 19.9. The molecule has 2 aliphatic rings. The molecule has 1 saturated heterocycles. The first-order valence-electron chi connectivity index (χ1n) is 11.7. The van der Waals surface area contributed by atoms with E-state index in [-0.39, 0.29) is 44.7 Å². The van der Waals surface area contributed by atoms with E-state index in [9.17, 15) is 44.7 Å². The van der Waals surface area contributed by atoms with Crippen LogP contribution in [0.2, 0.25) is 0 Å². The van der Waals surface area contributed by atoms with Gasteiger partial charge in [0, 0.05) is 64.9 Å². The minimum absolute atomic E-state index is 0.0364. The van der Waals surface area contributed by atoms with Gasteiger partial charge in [-0.1, -0.05) is 0 Å². The maximum absolute atomic E-state index is 12.9. The molecule has 1 heterocycles. The number of aliphatic hydroxyl groups excluding tert-OH is 1. The number of amides is 1. The molecule has 1 aliphatic heterocycles. The van der Waals surface area contributed by atoms with E-state index in [1.165, 1.54) is 4.90 Å². The zero-order valence-corrected chi connectivity index (χ0v) is 19.9. The van der Waals surface area contributed by atoms with Crippen molar-refractivity contribution >= 4 is 23.8 Å². The molecular formula is C21H37N5O9. The van der Waals surface area contributed by atoms with Gasteiger partial charge in [-0.3, -0.25) is 38.8 Å². The molecule has 0 aromatic heterocycles. The van der Waals surface area contributed by atoms with E-state index in [0.29, 0.717) is 52.4 Å². The molecule has 0 radical (unpaired) electrons. The third kappa shape index (κ3) is 11.7. The lowest BCUT2D eigenvalue weighted by molar-refractivity contribution is -0.145. The van der Waals surface area contributed by atoms with Crippen molar-refractivity contribution in [1.29, 1.82) is 0 Å². The van der Waals surface area contributed by atoms with Crippen LogP contribution in [-0.2, 0) is 19.2 Å². The van der Waals surface area contributed by atoms with Crippen LogP contribution in [0, 0.1) is 0 Å². The number of aliphatic carboxylic acids is 3. The molecule has 0 bridgehead atoms. The first kappa shape index (κ1) is 28.9. The van der Waals surface area contributed by atoms with Gasteiger partial charge in [0.1, 0.15) is 6.54 Å². The van der Waals surface area contributed by atoms with Crippen molar-refractivity contribution in [3.05, 3.63) is 0 Å². The fourth-order valence-corrected chi connectivity index (χ4v) is 4.08. The van der Waals surface area contributed by atoms with Gasteiger partial charge in [-0.2, -0.15) is 0 Å². The highest BCUT2D eigenvalue weighted by atomic mass is 16.5. The molecule has 2 rings (SSSR count). The number of β-amino-alcohol motifs (C(OH)–C–C–N with tert-alkyl or cyclic N) is 2. The molecule has 1 amide bonds. The Kier molecular flexibility index (Phi) is 11.8. The fraction of sp³-hybridized carbons (Fsp3) is 0.810. The van der Waals surface area contributed by atoms with Crippen LogP contribution in [0.1, 0.15) is 12.8 Å². The van der Waals surface area contributed by atoms with Crippen molar-refractivity contribution in [2.24, 2.45) is 0 Å². The van der Waals surface area contributed by atoms with E-state index >= 15 is 0 Å². The quantitative estimate of drug-likeness (QED) is 0.177. The molecule has 5 N–H and O–H groups in total. The van der Waals surface area contributed by atoms with Gasteiger partial charge < -0.3 is 30.4 Å². The second-order valence-electron chi connectivity index (χ2n) is 9.04. The van der Waals surface area contributed by atoms with Crippen LogP contribution in [-0.4, -0.2) is 171 Å². The lowest BCUT2D eigenvalue weighted by Crippen LogP contribution is -2.51. The van der Waals surface area contributed by atoms with Gasteiger partial charge in [0.15, 0.2) is 6.29 Å². The average Bonchev–Trinajstić information content (AvgIpc) is 3.57. The second kappa shape index (κ2) is 14.3. The van der Waals surface area contributed by atoms with E-state index in [2.05, 4.69) is 0 Å². The smallest absolute Gasteiger partial charge is 0.323 e. The highest BCUT2D eigenvalue weighted by molar-refractivity contribution is 5.83. The summed E-state index contributed by atoms with van der Waals surface area (Å²) in [5.41, 5.74) is 0. The summed E-state index contributed by atoms with van der Waals surface area (Å²) in [6.45, 7) is 1.71. The summed E-state index contributed by atoms with van der Waals surface area (Å²) in [5, 5.41) is 46.6. The molecule has 2 fully saturated rings. The van der Waals surface area contributed by atoms with Crippen molar-refractivity contribution in [3.8, 4) is 0 Å². The van der Waals surface area contributed by atoms with Crippen molar-refractivity contribution in [3.63, 3.8) is 0 Å². The number of hydrogen-bond acceptors (Lipinski definition) is 10. The molecule has 1 saturated carbocycles. The SMILES string of the molecule is O=C(O)CN1CCN(CC(=O)O)CCN(CC(O)O)CCN(CC(=O)N(CC(=O)O)C2CC2)CC1. The number of carbonyl (C=O) groups excluding carboxylic acids is 1. The number of carboxylic acid groups (broad SMARTS) is 3. The van der Waals surface area contributed by atoms with Gasteiger partial charge in [-0.15, -0.1) is 0 Å². The Morgan fingerprint density at radius 3 is 1.40 bits per heavy atom. The van der Waals surface area contributed by atoms with E-state index in [0.717, 1.165) is 12.8 Å². The summed E-state index contributed by atoms with van der Waals surface area (Å²) < 4.78 is 0. The third-order valence-corrected chi connectivity index (χ3v) is 6.04. The summed E-state index contributed by atoms with van der Waals surface area (Å²) in [6.07, 6.45) is -0.0567. The topological polar surface area (TPSA) is 186 Å². The van der Waals surface area contributed by atoms with Crippen LogP contribution in [0.25, 0.3) is 0 Å². The molecule has 0 aromatic carbocycles. The van der Waals surface area contributed by atoms with Gasteiger partial charge in [-0.25, -0.2) is 0 Å². The Morgan fingerprint density at radius 1 is 0.657 bits per heavy atom. The van der Waals surface area contributed by atoms with Crippen molar-refractivity contribution in [2.45, 2.75) is 25.2 Å². The Balaban J connectivity index is 2.14. The minimum Gasteiger partial charge on any atom is -0.480 e. The van der Waals surface area contributed by atoms with E-state index in [4.69, 9.17) is 0 Å². The summed E-state index contributed by atoms with van der Waals surface area (Å²) in [7, 11) is 0. The standard InChI is InChI=1S/C21H37N5O9/c27-17(26(15-21(34)35)16-1-2-16)11-22-3-5-23(12-18(28)29)7-9-25(14-20(32)33)10-8-24(6-4-22)13-19(30)31/h16,18,28-29H,1-15H2,(H,30,31)(H,32,33)(H,34,35). The lowest BCUT2D eigenvalue weighted by Gasteiger charge is -2.34. The van der Waals surface area contributed by atoms with Gasteiger partial charge >= 0.3 is 17.9 Å². The molecule has 14 nitrogen and oxygen atoms in total. The molecule has 0 atom stereocenters. The van der Waals surface area contributed by atoms with Crippen LogP contribution >= 0.6 is 0 Å². The predicted molar refractivity (Wildman–Crippen MR) is 122 cm³/mol. The Hall–Kier alpha value is -2.36. The number of hydrogen-bond donors (Lipinski definition) is 5. The number of carboxylic acids is 3. The minimum atomic E-state index is -1.59.